The van der Waals surface area contributed by atoms with E-state index in [2.05, 4.69) is 0 Å². The topological polar surface area (TPSA) is 65.0 Å². The number of benzene rings is 1. The van der Waals surface area contributed by atoms with E-state index in [1.807, 2.05) is 13.0 Å². The zero-order valence-electron chi connectivity index (χ0n) is 11.4. The van der Waals surface area contributed by atoms with Crippen molar-refractivity contribution in [3.8, 4) is 11.5 Å². The molecule has 19 heavy (non-hydrogen) atoms. The van der Waals surface area contributed by atoms with Crippen molar-refractivity contribution in [1.29, 1.82) is 0 Å². The number of carbonyl (C=O) groups is 1. The Balaban J connectivity index is 2.36. The minimum absolute atomic E-state index is 0.247. The fraction of sp³-hybridized carbons (Fsp3) is 0.500. The Morgan fingerprint density at radius 1 is 1.37 bits per heavy atom. The van der Waals surface area contributed by atoms with Gasteiger partial charge in [-0.25, -0.2) is 0 Å². The summed E-state index contributed by atoms with van der Waals surface area (Å²) in [5.41, 5.74) is 1.03. The molecule has 0 aromatic heterocycles. The molecular formula is C14H18O5. The fourth-order valence-corrected chi connectivity index (χ4v) is 2.27. The second-order valence-electron chi connectivity index (χ2n) is 4.88. The Labute approximate surface area is 112 Å². The molecule has 5 heteroatoms. The molecule has 1 aromatic rings. The maximum Gasteiger partial charge on any atom is 0.314 e. The van der Waals surface area contributed by atoms with Gasteiger partial charge in [0.1, 0.15) is 16.9 Å². The van der Waals surface area contributed by atoms with Gasteiger partial charge in [0.2, 0.25) is 0 Å². The molecule has 1 aliphatic rings. The third-order valence-corrected chi connectivity index (χ3v) is 3.59. The first kappa shape index (κ1) is 13.7. The van der Waals surface area contributed by atoms with Crippen molar-refractivity contribution < 1.29 is 24.1 Å². The first-order valence-electron chi connectivity index (χ1n) is 6.05. The first-order chi connectivity index (χ1) is 9.02. The molecule has 0 unspecified atom stereocenters. The summed E-state index contributed by atoms with van der Waals surface area (Å²) in [7, 11) is 3.16. The van der Waals surface area contributed by atoms with Crippen LogP contribution in [0.4, 0.5) is 0 Å². The highest BCUT2D eigenvalue weighted by atomic mass is 16.5. The summed E-state index contributed by atoms with van der Waals surface area (Å²) >= 11 is 0. The van der Waals surface area contributed by atoms with Gasteiger partial charge in [-0.05, 0) is 30.5 Å². The summed E-state index contributed by atoms with van der Waals surface area (Å²) in [6.45, 7) is 2.42. The monoisotopic (exact) mass is 266 g/mol. The summed E-state index contributed by atoms with van der Waals surface area (Å²) < 4.78 is 15.6. The standard InChI is InChI=1S/C14H18O5/c1-9-4-10(17-2)5-12(18-3)11(9)6-14(13(15)16)7-19-8-14/h4-5H,6-8H2,1-3H3,(H,15,16). The smallest absolute Gasteiger partial charge is 0.314 e. The lowest BCUT2D eigenvalue weighted by Crippen LogP contribution is -2.50. The fourth-order valence-electron chi connectivity index (χ4n) is 2.27. The van der Waals surface area contributed by atoms with Gasteiger partial charge in [0, 0.05) is 6.07 Å². The van der Waals surface area contributed by atoms with Crippen LogP contribution in [0.25, 0.3) is 0 Å². The number of aliphatic carboxylic acids is 1. The van der Waals surface area contributed by atoms with Gasteiger partial charge in [0.25, 0.3) is 0 Å². The Kier molecular flexibility index (Phi) is 3.66. The van der Waals surface area contributed by atoms with E-state index in [1.165, 1.54) is 0 Å². The predicted octanol–water partition coefficient (Wildman–Crippen LogP) is 1.66. The third kappa shape index (κ3) is 2.38. The van der Waals surface area contributed by atoms with Gasteiger partial charge in [-0.3, -0.25) is 4.79 Å². The summed E-state index contributed by atoms with van der Waals surface area (Å²) in [6, 6.07) is 3.66. The number of ether oxygens (including phenoxy) is 3. The van der Waals surface area contributed by atoms with Gasteiger partial charge < -0.3 is 19.3 Å². The quantitative estimate of drug-likeness (QED) is 0.878. The average molecular weight is 266 g/mol. The summed E-state index contributed by atoms with van der Waals surface area (Å²) in [5.74, 6) is 0.535. The van der Waals surface area contributed by atoms with Crippen LogP contribution in [0.1, 0.15) is 11.1 Å². The Bertz CT molecular complexity index is 491. The van der Waals surface area contributed by atoms with Crippen molar-refractivity contribution in [2.24, 2.45) is 5.41 Å². The second-order valence-corrected chi connectivity index (χ2v) is 4.88. The SMILES string of the molecule is COc1cc(C)c(CC2(C(=O)O)COC2)c(OC)c1. The lowest BCUT2D eigenvalue weighted by molar-refractivity contribution is -0.179. The van der Waals surface area contributed by atoms with E-state index in [-0.39, 0.29) is 13.2 Å². The van der Waals surface area contributed by atoms with E-state index < -0.39 is 11.4 Å². The average Bonchev–Trinajstić information content (AvgIpc) is 2.33. The van der Waals surface area contributed by atoms with E-state index in [1.54, 1.807) is 20.3 Å². The van der Waals surface area contributed by atoms with Crippen molar-refractivity contribution in [1.82, 2.24) is 0 Å². The van der Waals surface area contributed by atoms with Gasteiger partial charge in [-0.1, -0.05) is 0 Å². The molecule has 1 aliphatic heterocycles. The number of rotatable bonds is 5. The molecule has 1 aromatic carbocycles. The van der Waals surface area contributed by atoms with E-state index in [0.717, 1.165) is 11.1 Å². The highest BCUT2D eigenvalue weighted by molar-refractivity contribution is 5.76. The van der Waals surface area contributed by atoms with Gasteiger partial charge >= 0.3 is 5.97 Å². The third-order valence-electron chi connectivity index (χ3n) is 3.59. The van der Waals surface area contributed by atoms with Crippen LogP contribution >= 0.6 is 0 Å². The molecule has 1 heterocycles. The van der Waals surface area contributed by atoms with Gasteiger partial charge in [0.05, 0.1) is 27.4 Å². The zero-order valence-corrected chi connectivity index (χ0v) is 11.4. The molecule has 0 radical (unpaired) electrons. The van der Waals surface area contributed by atoms with Gasteiger partial charge in [-0.2, -0.15) is 0 Å². The van der Waals surface area contributed by atoms with E-state index in [4.69, 9.17) is 14.2 Å². The molecule has 0 spiro atoms. The Morgan fingerprint density at radius 2 is 2.05 bits per heavy atom. The van der Waals surface area contributed by atoms with Crippen LogP contribution < -0.4 is 9.47 Å². The number of aryl methyl sites for hydroxylation is 1. The number of hydrogen-bond acceptors (Lipinski definition) is 4. The van der Waals surface area contributed by atoms with Crippen LogP contribution in [0.2, 0.25) is 0 Å². The number of carboxylic acids is 1. The molecule has 1 fully saturated rings. The molecule has 0 amide bonds. The van der Waals surface area contributed by atoms with Crippen LogP contribution in [0.5, 0.6) is 11.5 Å². The Morgan fingerprint density at radius 3 is 2.47 bits per heavy atom. The summed E-state index contributed by atoms with van der Waals surface area (Å²) in [6.07, 6.45) is 0.404. The molecular weight excluding hydrogens is 248 g/mol. The highest BCUT2D eigenvalue weighted by Crippen LogP contribution is 2.38. The van der Waals surface area contributed by atoms with Gasteiger partial charge in [-0.15, -0.1) is 0 Å². The van der Waals surface area contributed by atoms with E-state index in [0.29, 0.717) is 17.9 Å². The Hall–Kier alpha value is -1.75. The normalized spacial score (nSPS) is 16.6. The molecule has 2 rings (SSSR count). The lowest BCUT2D eigenvalue weighted by Gasteiger charge is -2.38. The van der Waals surface area contributed by atoms with Crippen molar-refractivity contribution in [2.45, 2.75) is 13.3 Å². The van der Waals surface area contributed by atoms with Gasteiger partial charge in [0.15, 0.2) is 0 Å². The minimum atomic E-state index is -0.827. The zero-order chi connectivity index (χ0) is 14.0. The minimum Gasteiger partial charge on any atom is -0.497 e. The number of hydrogen-bond donors (Lipinski definition) is 1. The lowest BCUT2D eigenvalue weighted by atomic mass is 9.78. The second kappa shape index (κ2) is 5.09. The van der Waals surface area contributed by atoms with Crippen molar-refractivity contribution in [2.75, 3.05) is 27.4 Å². The first-order valence-corrected chi connectivity index (χ1v) is 6.05. The maximum atomic E-state index is 11.4. The molecule has 5 nitrogen and oxygen atoms in total. The largest absolute Gasteiger partial charge is 0.497 e. The van der Waals surface area contributed by atoms with Crippen LogP contribution in [0.15, 0.2) is 12.1 Å². The van der Waals surface area contributed by atoms with E-state index >= 15 is 0 Å². The van der Waals surface area contributed by atoms with Crippen LogP contribution in [-0.2, 0) is 16.0 Å². The van der Waals surface area contributed by atoms with Crippen LogP contribution in [0, 0.1) is 12.3 Å². The summed E-state index contributed by atoms with van der Waals surface area (Å²) in [5, 5.41) is 9.35. The van der Waals surface area contributed by atoms with Crippen LogP contribution in [-0.4, -0.2) is 38.5 Å². The molecule has 104 valence electrons. The van der Waals surface area contributed by atoms with Crippen LogP contribution in [0.3, 0.4) is 0 Å². The molecule has 0 saturated carbocycles. The highest BCUT2D eigenvalue weighted by Gasteiger charge is 2.47. The number of methoxy groups -OCH3 is 2. The predicted molar refractivity (Wildman–Crippen MR) is 68.9 cm³/mol. The van der Waals surface area contributed by atoms with E-state index in [9.17, 15) is 9.90 Å². The molecule has 1 saturated heterocycles. The summed E-state index contributed by atoms with van der Waals surface area (Å²) in [4.78, 5) is 11.4. The molecule has 0 atom stereocenters. The van der Waals surface area contributed by atoms with Crippen molar-refractivity contribution >= 4 is 5.97 Å². The molecule has 0 bridgehead atoms. The van der Waals surface area contributed by atoms with Crippen molar-refractivity contribution in [3.63, 3.8) is 0 Å². The molecule has 0 aliphatic carbocycles. The number of carboxylic acid groups (broad SMARTS) is 1. The maximum absolute atomic E-state index is 11.4. The molecule has 1 N–H and O–H groups in total. The van der Waals surface area contributed by atoms with Crippen molar-refractivity contribution in [3.05, 3.63) is 23.3 Å².